The fourth-order valence-electron chi connectivity index (χ4n) is 1.22. The van der Waals surface area contributed by atoms with Crippen molar-refractivity contribution in [1.29, 1.82) is 10.5 Å². The van der Waals surface area contributed by atoms with Crippen molar-refractivity contribution in [2.75, 3.05) is 6.61 Å². The number of nitriles is 2. The van der Waals surface area contributed by atoms with Gasteiger partial charge in [0, 0.05) is 6.42 Å². The van der Waals surface area contributed by atoms with E-state index in [1.54, 1.807) is 18.2 Å². The smallest absolute Gasteiger partial charge is 0.138 e. The fourth-order valence-corrected chi connectivity index (χ4v) is 1.22. The van der Waals surface area contributed by atoms with Crippen LogP contribution in [0.25, 0.3) is 0 Å². The molecular weight excluding hydrogens is 200 g/mol. The molecule has 0 heterocycles. The van der Waals surface area contributed by atoms with E-state index in [4.69, 9.17) is 21.7 Å². The van der Waals surface area contributed by atoms with Gasteiger partial charge in [-0.1, -0.05) is 6.07 Å². The maximum absolute atomic E-state index is 8.92. The highest BCUT2D eigenvalue weighted by Gasteiger charge is 2.07. The van der Waals surface area contributed by atoms with Crippen LogP contribution >= 0.6 is 0 Å². The van der Waals surface area contributed by atoms with Crippen LogP contribution < -0.4 is 4.74 Å². The molecule has 1 aromatic rings. The molecule has 0 N–H and O–H groups in total. The quantitative estimate of drug-likeness (QED) is 0.565. The van der Waals surface area contributed by atoms with E-state index in [1.807, 2.05) is 12.1 Å². The summed E-state index contributed by atoms with van der Waals surface area (Å²) < 4.78 is 5.40. The summed E-state index contributed by atoms with van der Waals surface area (Å²) in [5, 5.41) is 17.7. The minimum Gasteiger partial charge on any atom is -0.492 e. The zero-order valence-corrected chi connectivity index (χ0v) is 8.73. The van der Waals surface area contributed by atoms with Gasteiger partial charge in [0.1, 0.15) is 23.5 Å². The molecule has 0 saturated carbocycles. The first-order chi connectivity index (χ1) is 7.83. The average molecular weight is 210 g/mol. The van der Waals surface area contributed by atoms with Crippen LogP contribution in [0, 0.1) is 35.0 Å². The van der Waals surface area contributed by atoms with Crippen LogP contribution in [0.3, 0.4) is 0 Å². The molecule has 0 fully saturated rings. The van der Waals surface area contributed by atoms with Crippen molar-refractivity contribution in [2.24, 2.45) is 0 Å². The zero-order valence-electron chi connectivity index (χ0n) is 8.73. The van der Waals surface area contributed by atoms with Crippen LogP contribution in [-0.2, 0) is 0 Å². The molecular formula is C13H10N2O. The summed E-state index contributed by atoms with van der Waals surface area (Å²) in [4.78, 5) is 0. The van der Waals surface area contributed by atoms with Crippen molar-refractivity contribution >= 4 is 0 Å². The molecule has 1 rings (SSSR count). The van der Waals surface area contributed by atoms with Gasteiger partial charge in [0.25, 0.3) is 0 Å². The van der Waals surface area contributed by atoms with Gasteiger partial charge < -0.3 is 4.74 Å². The van der Waals surface area contributed by atoms with E-state index in [-0.39, 0.29) is 5.56 Å². The maximum Gasteiger partial charge on any atom is 0.138 e. The van der Waals surface area contributed by atoms with Gasteiger partial charge in [-0.15, -0.1) is 12.3 Å². The van der Waals surface area contributed by atoms with Crippen molar-refractivity contribution in [1.82, 2.24) is 0 Å². The van der Waals surface area contributed by atoms with E-state index in [9.17, 15) is 0 Å². The fraction of sp³-hybridized carbons (Fsp3) is 0.231. The van der Waals surface area contributed by atoms with Crippen LogP contribution in [0.5, 0.6) is 5.75 Å². The second-order valence-corrected chi connectivity index (χ2v) is 3.06. The predicted octanol–water partition coefficient (Wildman–Crippen LogP) is 2.22. The number of ether oxygens (including phenoxy) is 1. The third kappa shape index (κ3) is 2.77. The number of unbranched alkanes of at least 4 members (excludes halogenated alkanes) is 1. The largest absolute Gasteiger partial charge is 0.492 e. The lowest BCUT2D eigenvalue weighted by molar-refractivity contribution is 0.312. The molecule has 0 atom stereocenters. The summed E-state index contributed by atoms with van der Waals surface area (Å²) in [6.07, 6.45) is 6.48. The van der Waals surface area contributed by atoms with Gasteiger partial charge in [-0.25, -0.2) is 0 Å². The summed E-state index contributed by atoms with van der Waals surface area (Å²) in [5.74, 6) is 2.95. The summed E-state index contributed by atoms with van der Waals surface area (Å²) in [6, 6.07) is 8.88. The molecule has 0 aliphatic rings. The van der Waals surface area contributed by atoms with Gasteiger partial charge in [0.05, 0.1) is 12.2 Å². The lowest BCUT2D eigenvalue weighted by Crippen LogP contribution is -1.99. The highest BCUT2D eigenvalue weighted by Crippen LogP contribution is 2.21. The Morgan fingerprint density at radius 2 is 2.06 bits per heavy atom. The van der Waals surface area contributed by atoms with Crippen LogP contribution in [0.15, 0.2) is 18.2 Å². The molecule has 0 bridgehead atoms. The van der Waals surface area contributed by atoms with Crippen molar-refractivity contribution in [3.8, 4) is 30.2 Å². The van der Waals surface area contributed by atoms with Crippen molar-refractivity contribution in [2.45, 2.75) is 12.8 Å². The first-order valence-electron chi connectivity index (χ1n) is 4.83. The van der Waals surface area contributed by atoms with E-state index in [0.29, 0.717) is 24.3 Å². The van der Waals surface area contributed by atoms with Crippen LogP contribution in [0.2, 0.25) is 0 Å². The molecule has 0 aromatic heterocycles. The van der Waals surface area contributed by atoms with Crippen molar-refractivity contribution in [3.05, 3.63) is 29.3 Å². The third-order valence-electron chi connectivity index (χ3n) is 1.98. The average Bonchev–Trinajstić information content (AvgIpc) is 2.34. The standard InChI is InChI=1S/C13H10N2O/c1-2-3-4-8-16-13-7-5-6-11(9-14)12(13)10-15/h1,5-7H,3-4,8H2. The Bertz CT molecular complexity index is 486. The molecule has 0 aliphatic heterocycles. The zero-order chi connectivity index (χ0) is 11.8. The Kier molecular flexibility index (Phi) is 4.45. The van der Waals surface area contributed by atoms with Gasteiger partial charge in [-0.05, 0) is 18.6 Å². The Labute approximate surface area is 94.9 Å². The number of hydrogen-bond acceptors (Lipinski definition) is 3. The second kappa shape index (κ2) is 6.12. The molecule has 0 aliphatic carbocycles. The topological polar surface area (TPSA) is 56.8 Å². The SMILES string of the molecule is C#CCCCOc1cccc(C#N)c1C#N. The van der Waals surface area contributed by atoms with E-state index >= 15 is 0 Å². The summed E-state index contributed by atoms with van der Waals surface area (Å²) in [7, 11) is 0. The summed E-state index contributed by atoms with van der Waals surface area (Å²) in [6.45, 7) is 0.452. The Hall–Kier alpha value is -2.44. The van der Waals surface area contributed by atoms with Crippen molar-refractivity contribution in [3.63, 3.8) is 0 Å². The first kappa shape index (κ1) is 11.6. The molecule has 3 heteroatoms. The Morgan fingerprint density at radius 3 is 2.69 bits per heavy atom. The molecule has 0 saturated heterocycles. The maximum atomic E-state index is 8.92. The van der Waals surface area contributed by atoms with Gasteiger partial charge in [0.15, 0.2) is 0 Å². The highest BCUT2D eigenvalue weighted by atomic mass is 16.5. The number of rotatable bonds is 4. The molecule has 3 nitrogen and oxygen atoms in total. The minimum absolute atomic E-state index is 0.283. The summed E-state index contributed by atoms with van der Waals surface area (Å²) >= 11 is 0. The van der Waals surface area contributed by atoms with Gasteiger partial charge >= 0.3 is 0 Å². The Morgan fingerprint density at radius 1 is 1.25 bits per heavy atom. The lowest BCUT2D eigenvalue weighted by Gasteiger charge is -2.07. The van der Waals surface area contributed by atoms with Gasteiger partial charge in [-0.3, -0.25) is 0 Å². The monoisotopic (exact) mass is 210 g/mol. The molecule has 0 amide bonds. The number of nitrogens with zero attached hydrogens (tertiary/aromatic N) is 2. The minimum atomic E-state index is 0.283. The van der Waals surface area contributed by atoms with Crippen LogP contribution in [-0.4, -0.2) is 6.61 Å². The van der Waals surface area contributed by atoms with Crippen molar-refractivity contribution < 1.29 is 4.74 Å². The normalized spacial score (nSPS) is 8.56. The van der Waals surface area contributed by atoms with E-state index in [0.717, 1.165) is 6.42 Å². The lowest BCUT2D eigenvalue weighted by atomic mass is 10.1. The summed E-state index contributed by atoms with van der Waals surface area (Å²) in [5.41, 5.74) is 0.614. The van der Waals surface area contributed by atoms with E-state index in [2.05, 4.69) is 5.92 Å². The molecule has 78 valence electrons. The molecule has 16 heavy (non-hydrogen) atoms. The van der Waals surface area contributed by atoms with E-state index < -0.39 is 0 Å². The van der Waals surface area contributed by atoms with Gasteiger partial charge in [0.2, 0.25) is 0 Å². The molecule has 0 radical (unpaired) electrons. The van der Waals surface area contributed by atoms with Crippen LogP contribution in [0.4, 0.5) is 0 Å². The third-order valence-corrected chi connectivity index (χ3v) is 1.98. The molecule has 1 aromatic carbocycles. The number of terminal acetylenes is 1. The van der Waals surface area contributed by atoms with E-state index in [1.165, 1.54) is 0 Å². The molecule has 0 spiro atoms. The number of benzene rings is 1. The predicted molar refractivity (Wildman–Crippen MR) is 59.4 cm³/mol. The number of hydrogen-bond donors (Lipinski definition) is 0. The van der Waals surface area contributed by atoms with Crippen LogP contribution in [0.1, 0.15) is 24.0 Å². The molecule has 0 unspecified atom stereocenters. The Balaban J connectivity index is 2.78. The second-order valence-electron chi connectivity index (χ2n) is 3.06. The highest BCUT2D eigenvalue weighted by molar-refractivity contribution is 5.53. The first-order valence-corrected chi connectivity index (χ1v) is 4.83. The van der Waals surface area contributed by atoms with Gasteiger partial charge in [-0.2, -0.15) is 10.5 Å².